The van der Waals surface area contributed by atoms with Crippen LogP contribution in [0, 0.1) is 0 Å². The zero-order valence-electron chi connectivity index (χ0n) is 9.90. The fourth-order valence-electron chi connectivity index (χ4n) is 1.26. The number of aromatic nitrogens is 2. The van der Waals surface area contributed by atoms with Crippen molar-refractivity contribution in [3.63, 3.8) is 0 Å². The van der Waals surface area contributed by atoms with Gasteiger partial charge in [0.15, 0.2) is 0 Å². The summed E-state index contributed by atoms with van der Waals surface area (Å²) in [5, 5.41) is 7.19. The molecule has 0 atom stereocenters. The Kier molecular flexibility index (Phi) is 5.56. The van der Waals surface area contributed by atoms with Crippen LogP contribution in [0.15, 0.2) is 17.1 Å². The molecule has 0 aliphatic heterocycles. The standard InChI is InChI=1S/C11H19N3O2/c1-3-5-12-10-8-11(15)14(13-9-10)6-7-16-4-2/h8-9,12H,3-7H2,1-2H3. The van der Waals surface area contributed by atoms with Crippen molar-refractivity contribution in [2.24, 2.45) is 0 Å². The van der Waals surface area contributed by atoms with Crippen LogP contribution in [0.3, 0.4) is 0 Å². The Morgan fingerprint density at radius 1 is 1.50 bits per heavy atom. The second kappa shape index (κ2) is 7.00. The topological polar surface area (TPSA) is 56.1 Å². The first-order valence-electron chi connectivity index (χ1n) is 5.66. The largest absolute Gasteiger partial charge is 0.384 e. The maximum absolute atomic E-state index is 11.6. The van der Waals surface area contributed by atoms with Gasteiger partial charge < -0.3 is 10.1 Å². The van der Waals surface area contributed by atoms with Crippen LogP contribution in [-0.4, -0.2) is 29.5 Å². The van der Waals surface area contributed by atoms with Crippen LogP contribution in [0.5, 0.6) is 0 Å². The predicted molar refractivity (Wildman–Crippen MR) is 63.8 cm³/mol. The summed E-state index contributed by atoms with van der Waals surface area (Å²) in [6, 6.07) is 1.56. The number of hydrogen-bond donors (Lipinski definition) is 1. The van der Waals surface area contributed by atoms with E-state index in [0.717, 1.165) is 18.7 Å². The van der Waals surface area contributed by atoms with Crippen molar-refractivity contribution in [3.8, 4) is 0 Å². The highest BCUT2D eigenvalue weighted by Crippen LogP contribution is 1.99. The molecule has 0 unspecified atom stereocenters. The van der Waals surface area contributed by atoms with E-state index in [-0.39, 0.29) is 5.56 Å². The van der Waals surface area contributed by atoms with E-state index in [2.05, 4.69) is 17.3 Å². The first kappa shape index (κ1) is 12.7. The van der Waals surface area contributed by atoms with Gasteiger partial charge in [0.05, 0.1) is 25.0 Å². The molecule has 0 aliphatic carbocycles. The second-order valence-corrected chi connectivity index (χ2v) is 3.43. The van der Waals surface area contributed by atoms with Gasteiger partial charge in [-0.1, -0.05) is 6.92 Å². The zero-order chi connectivity index (χ0) is 11.8. The molecule has 0 aromatic carbocycles. The van der Waals surface area contributed by atoms with Gasteiger partial charge in [-0.15, -0.1) is 0 Å². The predicted octanol–water partition coefficient (Wildman–Crippen LogP) is 1.10. The molecule has 1 heterocycles. The van der Waals surface area contributed by atoms with E-state index in [9.17, 15) is 4.79 Å². The highest BCUT2D eigenvalue weighted by molar-refractivity contribution is 5.38. The third kappa shape index (κ3) is 4.02. The average molecular weight is 225 g/mol. The quantitative estimate of drug-likeness (QED) is 0.706. The fourth-order valence-corrected chi connectivity index (χ4v) is 1.26. The molecular formula is C11H19N3O2. The molecule has 1 aromatic heterocycles. The Hall–Kier alpha value is -1.36. The van der Waals surface area contributed by atoms with Crippen molar-refractivity contribution in [2.75, 3.05) is 25.1 Å². The van der Waals surface area contributed by atoms with Gasteiger partial charge in [-0.05, 0) is 13.3 Å². The Morgan fingerprint density at radius 2 is 2.31 bits per heavy atom. The first-order valence-corrected chi connectivity index (χ1v) is 5.66. The third-order valence-corrected chi connectivity index (χ3v) is 2.10. The molecule has 0 saturated carbocycles. The summed E-state index contributed by atoms with van der Waals surface area (Å²) in [6.45, 7) is 6.53. The van der Waals surface area contributed by atoms with Crippen molar-refractivity contribution in [1.82, 2.24) is 9.78 Å². The molecule has 5 heteroatoms. The summed E-state index contributed by atoms with van der Waals surface area (Å²) in [5.74, 6) is 0. The minimum atomic E-state index is -0.0965. The van der Waals surface area contributed by atoms with E-state index in [1.807, 2.05) is 6.92 Å². The summed E-state index contributed by atoms with van der Waals surface area (Å²) in [5.41, 5.74) is 0.681. The van der Waals surface area contributed by atoms with Gasteiger partial charge >= 0.3 is 0 Å². The molecule has 0 saturated heterocycles. The summed E-state index contributed by atoms with van der Waals surface area (Å²) < 4.78 is 6.58. The number of hydrogen-bond acceptors (Lipinski definition) is 4. The minimum Gasteiger partial charge on any atom is -0.384 e. The Labute approximate surface area is 95.4 Å². The molecular weight excluding hydrogens is 206 g/mol. The molecule has 1 rings (SSSR count). The Balaban J connectivity index is 2.57. The lowest BCUT2D eigenvalue weighted by atomic mass is 10.4. The van der Waals surface area contributed by atoms with Gasteiger partial charge in [0, 0.05) is 19.2 Å². The first-order chi connectivity index (χ1) is 7.77. The Bertz CT molecular complexity index is 362. The molecule has 0 aliphatic rings. The van der Waals surface area contributed by atoms with Crippen LogP contribution in [-0.2, 0) is 11.3 Å². The molecule has 0 bridgehead atoms. The molecule has 5 nitrogen and oxygen atoms in total. The molecule has 0 fully saturated rings. The summed E-state index contributed by atoms with van der Waals surface area (Å²) in [7, 11) is 0. The maximum Gasteiger partial charge on any atom is 0.268 e. The monoisotopic (exact) mass is 225 g/mol. The van der Waals surface area contributed by atoms with Gasteiger partial charge in [0.25, 0.3) is 5.56 Å². The zero-order valence-corrected chi connectivity index (χ0v) is 9.90. The van der Waals surface area contributed by atoms with Crippen molar-refractivity contribution >= 4 is 5.69 Å². The normalized spacial score (nSPS) is 10.4. The van der Waals surface area contributed by atoms with E-state index in [4.69, 9.17) is 4.74 Å². The van der Waals surface area contributed by atoms with Gasteiger partial charge in [-0.25, -0.2) is 4.68 Å². The summed E-state index contributed by atoms with van der Waals surface area (Å²) in [6.07, 6.45) is 2.69. The highest BCUT2D eigenvalue weighted by atomic mass is 16.5. The number of rotatable bonds is 7. The lowest BCUT2D eigenvalue weighted by Gasteiger charge is -2.07. The van der Waals surface area contributed by atoms with E-state index in [1.165, 1.54) is 4.68 Å². The van der Waals surface area contributed by atoms with E-state index >= 15 is 0 Å². The molecule has 1 N–H and O–H groups in total. The molecule has 1 aromatic rings. The van der Waals surface area contributed by atoms with E-state index in [0.29, 0.717) is 19.8 Å². The van der Waals surface area contributed by atoms with Gasteiger partial charge in [0.1, 0.15) is 0 Å². The van der Waals surface area contributed by atoms with Gasteiger partial charge in [-0.2, -0.15) is 5.10 Å². The summed E-state index contributed by atoms with van der Waals surface area (Å²) >= 11 is 0. The van der Waals surface area contributed by atoms with Gasteiger partial charge in [0.2, 0.25) is 0 Å². The highest BCUT2D eigenvalue weighted by Gasteiger charge is 1.99. The number of nitrogens with one attached hydrogen (secondary N) is 1. The van der Waals surface area contributed by atoms with Gasteiger partial charge in [-0.3, -0.25) is 4.79 Å². The third-order valence-electron chi connectivity index (χ3n) is 2.10. The van der Waals surface area contributed by atoms with Crippen molar-refractivity contribution < 1.29 is 4.74 Å². The van der Waals surface area contributed by atoms with Crippen molar-refractivity contribution in [3.05, 3.63) is 22.6 Å². The SMILES string of the molecule is CCCNc1cnn(CCOCC)c(=O)c1. The molecule has 0 spiro atoms. The number of anilines is 1. The summed E-state index contributed by atoms with van der Waals surface area (Å²) in [4.78, 5) is 11.6. The number of ether oxygens (including phenoxy) is 1. The van der Waals surface area contributed by atoms with Crippen LogP contribution in [0.2, 0.25) is 0 Å². The minimum absolute atomic E-state index is 0.0965. The Morgan fingerprint density at radius 3 is 2.94 bits per heavy atom. The molecule has 16 heavy (non-hydrogen) atoms. The smallest absolute Gasteiger partial charge is 0.268 e. The second-order valence-electron chi connectivity index (χ2n) is 3.43. The fraction of sp³-hybridized carbons (Fsp3) is 0.636. The van der Waals surface area contributed by atoms with E-state index in [1.54, 1.807) is 12.3 Å². The van der Waals surface area contributed by atoms with Crippen LogP contribution >= 0.6 is 0 Å². The average Bonchev–Trinajstić information content (AvgIpc) is 2.29. The van der Waals surface area contributed by atoms with Crippen LogP contribution < -0.4 is 10.9 Å². The molecule has 0 radical (unpaired) electrons. The van der Waals surface area contributed by atoms with Crippen molar-refractivity contribution in [2.45, 2.75) is 26.8 Å². The lowest BCUT2D eigenvalue weighted by Crippen LogP contribution is -2.24. The molecule has 90 valence electrons. The maximum atomic E-state index is 11.6. The van der Waals surface area contributed by atoms with Crippen molar-refractivity contribution in [1.29, 1.82) is 0 Å². The van der Waals surface area contributed by atoms with Crippen LogP contribution in [0.1, 0.15) is 20.3 Å². The molecule has 0 amide bonds. The lowest BCUT2D eigenvalue weighted by molar-refractivity contribution is 0.135. The van der Waals surface area contributed by atoms with Crippen LogP contribution in [0.4, 0.5) is 5.69 Å². The number of nitrogens with zero attached hydrogens (tertiary/aromatic N) is 2. The van der Waals surface area contributed by atoms with Crippen LogP contribution in [0.25, 0.3) is 0 Å². The van der Waals surface area contributed by atoms with E-state index < -0.39 is 0 Å².